The molecule has 3 aromatic rings. The number of hydrogen-bond acceptors (Lipinski definition) is 7. The molecule has 2 aromatic carbocycles. The van der Waals surface area contributed by atoms with Crippen LogP contribution in [0.2, 0.25) is 0 Å². The Morgan fingerprint density at radius 3 is 2.00 bits per heavy atom. The van der Waals surface area contributed by atoms with Crippen LogP contribution in [0.4, 0.5) is 5.69 Å². The normalized spacial score (nSPS) is 10.5. The zero-order valence-corrected chi connectivity index (χ0v) is 15.0. The first kappa shape index (κ1) is 17.5. The van der Waals surface area contributed by atoms with Gasteiger partial charge in [-0.1, -0.05) is 11.2 Å². The fourth-order valence-electron chi connectivity index (χ4n) is 2.74. The minimum atomic E-state index is 0.519. The maximum Gasteiger partial charge on any atom is 0.203 e. The van der Waals surface area contributed by atoms with Crippen LogP contribution in [-0.2, 0) is 0 Å². The third kappa shape index (κ3) is 2.99. The van der Waals surface area contributed by atoms with Crippen LogP contribution in [0.1, 0.15) is 0 Å². The van der Waals surface area contributed by atoms with Gasteiger partial charge in [-0.3, -0.25) is 0 Å². The monoisotopic (exact) mass is 356 g/mol. The van der Waals surface area contributed by atoms with E-state index in [9.17, 15) is 0 Å². The topological polar surface area (TPSA) is 89.0 Å². The van der Waals surface area contributed by atoms with Crippen molar-refractivity contribution in [3.8, 4) is 45.4 Å². The number of methoxy groups -OCH3 is 4. The van der Waals surface area contributed by atoms with Crippen molar-refractivity contribution in [2.45, 2.75) is 0 Å². The number of rotatable bonds is 6. The van der Waals surface area contributed by atoms with Crippen molar-refractivity contribution in [3.63, 3.8) is 0 Å². The smallest absolute Gasteiger partial charge is 0.203 e. The summed E-state index contributed by atoms with van der Waals surface area (Å²) in [4.78, 5) is 0. The second-order valence-corrected chi connectivity index (χ2v) is 5.45. The number of hydrogen-bond donors (Lipinski definition) is 1. The van der Waals surface area contributed by atoms with Crippen LogP contribution in [-0.4, -0.2) is 33.6 Å². The Morgan fingerprint density at radius 2 is 1.42 bits per heavy atom. The molecule has 0 bridgehead atoms. The number of aromatic nitrogens is 1. The zero-order chi connectivity index (χ0) is 18.7. The van der Waals surface area contributed by atoms with Crippen molar-refractivity contribution in [3.05, 3.63) is 36.6 Å². The zero-order valence-electron chi connectivity index (χ0n) is 15.0. The average Bonchev–Trinajstić information content (AvgIpc) is 3.16. The van der Waals surface area contributed by atoms with E-state index in [1.165, 1.54) is 0 Å². The van der Waals surface area contributed by atoms with E-state index in [2.05, 4.69) is 5.16 Å². The lowest BCUT2D eigenvalue weighted by Crippen LogP contribution is -1.96. The minimum absolute atomic E-state index is 0.519. The molecular formula is C19H20N2O5. The van der Waals surface area contributed by atoms with Gasteiger partial charge < -0.3 is 29.2 Å². The lowest BCUT2D eigenvalue weighted by molar-refractivity contribution is 0.324. The van der Waals surface area contributed by atoms with Gasteiger partial charge in [0.2, 0.25) is 5.75 Å². The molecule has 0 fully saturated rings. The maximum absolute atomic E-state index is 5.89. The van der Waals surface area contributed by atoms with E-state index in [0.717, 1.165) is 16.7 Å². The molecule has 0 atom stereocenters. The first-order valence-corrected chi connectivity index (χ1v) is 7.81. The Balaban J connectivity index is 2.14. The number of nitrogens with two attached hydrogens (primary N) is 1. The van der Waals surface area contributed by atoms with Gasteiger partial charge in [-0.2, -0.15) is 0 Å². The summed E-state index contributed by atoms with van der Waals surface area (Å²) < 4.78 is 26.7. The first-order valence-electron chi connectivity index (χ1n) is 7.81. The van der Waals surface area contributed by atoms with E-state index < -0.39 is 0 Å². The molecule has 136 valence electrons. The van der Waals surface area contributed by atoms with Gasteiger partial charge in [0.1, 0.15) is 17.7 Å². The highest BCUT2D eigenvalue weighted by molar-refractivity contribution is 5.83. The molecule has 2 N–H and O–H groups in total. The van der Waals surface area contributed by atoms with Gasteiger partial charge in [-0.25, -0.2) is 0 Å². The predicted molar refractivity (Wildman–Crippen MR) is 98.0 cm³/mol. The standard InChI is InChI=1S/C19H20N2O5/c1-22-15-7-11(5-6-14(15)20)18-13(10-26-21-18)12-8-16(23-2)19(25-4)17(9-12)24-3/h5-10H,20H2,1-4H3. The minimum Gasteiger partial charge on any atom is -0.495 e. The summed E-state index contributed by atoms with van der Waals surface area (Å²) >= 11 is 0. The van der Waals surface area contributed by atoms with Gasteiger partial charge in [0.15, 0.2) is 11.5 Å². The largest absolute Gasteiger partial charge is 0.495 e. The molecule has 0 aliphatic rings. The molecule has 3 rings (SSSR count). The van der Waals surface area contributed by atoms with E-state index in [4.69, 9.17) is 29.2 Å². The van der Waals surface area contributed by atoms with E-state index in [0.29, 0.717) is 34.4 Å². The first-order chi connectivity index (χ1) is 12.6. The molecule has 26 heavy (non-hydrogen) atoms. The van der Waals surface area contributed by atoms with Gasteiger partial charge in [0, 0.05) is 11.1 Å². The molecule has 0 radical (unpaired) electrons. The summed E-state index contributed by atoms with van der Waals surface area (Å²) in [5.41, 5.74) is 9.49. The second-order valence-electron chi connectivity index (χ2n) is 5.45. The van der Waals surface area contributed by atoms with Crippen molar-refractivity contribution in [1.82, 2.24) is 5.16 Å². The molecule has 0 aliphatic heterocycles. The van der Waals surface area contributed by atoms with Gasteiger partial charge in [-0.15, -0.1) is 0 Å². The summed E-state index contributed by atoms with van der Waals surface area (Å²) in [6, 6.07) is 9.12. The molecule has 0 unspecified atom stereocenters. The van der Waals surface area contributed by atoms with Crippen LogP contribution in [0.5, 0.6) is 23.0 Å². The van der Waals surface area contributed by atoms with Crippen molar-refractivity contribution < 1.29 is 23.5 Å². The Morgan fingerprint density at radius 1 is 0.808 bits per heavy atom. The second kappa shape index (κ2) is 7.26. The van der Waals surface area contributed by atoms with Crippen molar-refractivity contribution >= 4 is 5.69 Å². The van der Waals surface area contributed by atoms with E-state index in [1.54, 1.807) is 40.8 Å². The van der Waals surface area contributed by atoms with Gasteiger partial charge in [0.05, 0.1) is 34.1 Å². The van der Waals surface area contributed by atoms with Crippen molar-refractivity contribution in [2.24, 2.45) is 0 Å². The van der Waals surface area contributed by atoms with Crippen LogP contribution >= 0.6 is 0 Å². The van der Waals surface area contributed by atoms with E-state index in [-0.39, 0.29) is 0 Å². The quantitative estimate of drug-likeness (QED) is 0.675. The molecule has 0 aliphatic carbocycles. The molecule has 0 spiro atoms. The van der Waals surface area contributed by atoms with E-state index >= 15 is 0 Å². The van der Waals surface area contributed by atoms with Gasteiger partial charge in [-0.05, 0) is 29.8 Å². The number of ether oxygens (including phenoxy) is 4. The summed E-state index contributed by atoms with van der Waals surface area (Å²) in [6.07, 6.45) is 1.57. The van der Waals surface area contributed by atoms with Crippen LogP contribution in [0, 0.1) is 0 Å². The fraction of sp³-hybridized carbons (Fsp3) is 0.211. The van der Waals surface area contributed by atoms with Crippen LogP contribution in [0.15, 0.2) is 41.1 Å². The predicted octanol–water partition coefficient (Wildman–Crippen LogP) is 3.63. The number of nitrogens with zero attached hydrogens (tertiary/aromatic N) is 1. The van der Waals surface area contributed by atoms with Crippen LogP contribution in [0.25, 0.3) is 22.4 Å². The number of anilines is 1. The lowest BCUT2D eigenvalue weighted by atomic mass is 10.0. The van der Waals surface area contributed by atoms with Gasteiger partial charge in [0.25, 0.3) is 0 Å². The molecule has 7 nitrogen and oxygen atoms in total. The van der Waals surface area contributed by atoms with Crippen LogP contribution < -0.4 is 24.7 Å². The molecular weight excluding hydrogens is 336 g/mol. The number of nitrogen functional groups attached to an aromatic ring is 1. The molecule has 0 amide bonds. The third-order valence-electron chi connectivity index (χ3n) is 4.05. The van der Waals surface area contributed by atoms with Crippen molar-refractivity contribution in [2.75, 3.05) is 34.2 Å². The van der Waals surface area contributed by atoms with Crippen molar-refractivity contribution in [1.29, 1.82) is 0 Å². The summed E-state index contributed by atoms with van der Waals surface area (Å²) in [7, 11) is 6.27. The fourth-order valence-corrected chi connectivity index (χ4v) is 2.74. The molecule has 7 heteroatoms. The Labute approximate surface area is 151 Å². The summed E-state index contributed by atoms with van der Waals surface area (Å²) in [6.45, 7) is 0. The maximum atomic E-state index is 5.89. The third-order valence-corrected chi connectivity index (χ3v) is 4.05. The molecule has 1 aromatic heterocycles. The van der Waals surface area contributed by atoms with Gasteiger partial charge >= 0.3 is 0 Å². The Kier molecular flexibility index (Phi) is 4.88. The Bertz CT molecular complexity index is 895. The molecule has 1 heterocycles. The highest BCUT2D eigenvalue weighted by atomic mass is 16.5. The lowest BCUT2D eigenvalue weighted by Gasteiger charge is -2.14. The van der Waals surface area contributed by atoms with E-state index in [1.807, 2.05) is 24.3 Å². The Hall–Kier alpha value is -3.35. The highest BCUT2D eigenvalue weighted by Crippen LogP contribution is 2.43. The molecule has 0 saturated heterocycles. The average molecular weight is 356 g/mol. The summed E-state index contributed by atoms with van der Waals surface area (Å²) in [5, 5.41) is 4.14. The number of benzene rings is 2. The highest BCUT2D eigenvalue weighted by Gasteiger charge is 2.19. The van der Waals surface area contributed by atoms with Crippen LogP contribution in [0.3, 0.4) is 0 Å². The SMILES string of the molecule is COc1cc(-c2nocc2-c2cc(OC)c(OC)c(OC)c2)ccc1N. The molecule has 0 saturated carbocycles. The summed E-state index contributed by atoms with van der Waals surface area (Å²) in [5.74, 6) is 2.18.